The van der Waals surface area contributed by atoms with E-state index in [0.717, 1.165) is 0 Å². The van der Waals surface area contributed by atoms with Crippen molar-refractivity contribution in [3.05, 3.63) is 48.5 Å². The number of nitrogen functional groups attached to an aromatic ring is 2. The quantitative estimate of drug-likeness (QED) is 0.168. The zero-order chi connectivity index (χ0) is 32.1. The third kappa shape index (κ3) is 5.61. The summed E-state index contributed by atoms with van der Waals surface area (Å²) in [7, 11) is 12.1. The molecule has 0 saturated heterocycles. The molecule has 4 rings (SSSR count). The number of benzene rings is 4. The van der Waals surface area contributed by atoms with E-state index in [1.54, 1.807) is 48.5 Å². The number of methoxy groups -OCH3 is 8. The Morgan fingerprint density at radius 1 is 0.455 bits per heavy atom. The second kappa shape index (κ2) is 13.7. The molecule has 0 aliphatic carbocycles. The summed E-state index contributed by atoms with van der Waals surface area (Å²) in [6.45, 7) is 0. The topological polar surface area (TPSA) is 143 Å². The molecule has 4 aromatic carbocycles. The SMILES string of the molecule is COc1ccc([Se](=O)c2ccc(OC)c(N)c2-c2cc(OC)c(OC)c(OC)c2)c(-c2cc(OC)c(OC)c(OC)c2)c1N. The molecular weight excluding hydrogens is 635 g/mol. The van der Waals surface area contributed by atoms with E-state index in [0.29, 0.717) is 88.5 Å². The van der Waals surface area contributed by atoms with Gasteiger partial charge >= 0.3 is 261 Å². The van der Waals surface area contributed by atoms with E-state index in [9.17, 15) is 3.83 Å². The summed E-state index contributed by atoms with van der Waals surface area (Å²) in [5, 5.41) is 0. The van der Waals surface area contributed by atoms with Crippen LogP contribution in [0.15, 0.2) is 48.5 Å². The Bertz CT molecular complexity index is 1540. The van der Waals surface area contributed by atoms with E-state index in [1.807, 2.05) is 0 Å². The summed E-state index contributed by atoms with van der Waals surface area (Å²) >= 11 is -3.16. The number of nitrogens with two attached hydrogens (primary N) is 2. The molecule has 0 heterocycles. The molecule has 4 aromatic rings. The van der Waals surface area contributed by atoms with Crippen LogP contribution in [0.25, 0.3) is 22.3 Å². The number of ether oxygens (including phenoxy) is 8. The molecule has 0 atom stereocenters. The van der Waals surface area contributed by atoms with E-state index in [1.165, 1.54) is 56.9 Å². The van der Waals surface area contributed by atoms with Gasteiger partial charge in [-0.15, -0.1) is 0 Å². The van der Waals surface area contributed by atoms with E-state index in [4.69, 9.17) is 49.4 Å². The summed E-state index contributed by atoms with van der Waals surface area (Å²) in [4.78, 5) is 0. The Hall–Kier alpha value is -4.80. The van der Waals surface area contributed by atoms with E-state index < -0.39 is 13.8 Å². The molecule has 0 aliphatic rings. The zero-order valence-electron chi connectivity index (χ0n) is 25.9. The van der Waals surface area contributed by atoms with Crippen molar-refractivity contribution in [1.82, 2.24) is 0 Å². The first-order valence-electron chi connectivity index (χ1n) is 13.2. The molecule has 0 aromatic heterocycles. The van der Waals surface area contributed by atoms with Gasteiger partial charge in [0, 0.05) is 0 Å². The zero-order valence-corrected chi connectivity index (χ0v) is 27.6. The van der Waals surface area contributed by atoms with Crippen molar-refractivity contribution in [2.75, 3.05) is 68.3 Å². The first kappa shape index (κ1) is 32.1. The standard InChI is InChI=1S/C32H36N2O9Se/c1-36-19-9-11-25(27(29(19)33)17-13-21(38-3)31(42-7)22(14-17)39-4)44(35)26-12-10-20(37-2)30(34)28(26)18-15-23(40-5)32(43-8)24(16-18)41-6/h9-16H,33-34H2,1-8H3. The normalized spacial score (nSPS) is 10.8. The van der Waals surface area contributed by atoms with Gasteiger partial charge in [0.1, 0.15) is 0 Å². The monoisotopic (exact) mass is 672 g/mol. The van der Waals surface area contributed by atoms with Crippen LogP contribution in [0.3, 0.4) is 0 Å². The Morgan fingerprint density at radius 3 is 1.00 bits per heavy atom. The fourth-order valence-corrected chi connectivity index (χ4v) is 8.03. The van der Waals surface area contributed by atoms with E-state index in [-0.39, 0.29) is 0 Å². The molecule has 4 N–H and O–H groups in total. The van der Waals surface area contributed by atoms with Gasteiger partial charge in [0.25, 0.3) is 0 Å². The van der Waals surface area contributed by atoms with Crippen molar-refractivity contribution in [2.45, 2.75) is 0 Å². The van der Waals surface area contributed by atoms with Gasteiger partial charge in [-0.1, -0.05) is 0 Å². The molecule has 234 valence electrons. The Labute approximate surface area is 260 Å². The van der Waals surface area contributed by atoms with Crippen LogP contribution < -0.4 is 58.3 Å². The molecule has 0 aliphatic heterocycles. The van der Waals surface area contributed by atoms with Gasteiger partial charge in [0.05, 0.1) is 0 Å². The average molecular weight is 672 g/mol. The van der Waals surface area contributed by atoms with Crippen molar-refractivity contribution in [2.24, 2.45) is 0 Å². The summed E-state index contributed by atoms with van der Waals surface area (Å²) in [5.74, 6) is 3.26. The fourth-order valence-electron chi connectivity index (χ4n) is 4.99. The minimum absolute atomic E-state index is 0.291. The van der Waals surface area contributed by atoms with Crippen LogP contribution in [-0.4, -0.2) is 70.7 Å². The van der Waals surface area contributed by atoms with Gasteiger partial charge in [-0.2, -0.15) is 0 Å². The van der Waals surface area contributed by atoms with Gasteiger partial charge in [0.2, 0.25) is 0 Å². The van der Waals surface area contributed by atoms with E-state index in [2.05, 4.69) is 0 Å². The number of hydrogen-bond acceptors (Lipinski definition) is 11. The van der Waals surface area contributed by atoms with Gasteiger partial charge in [-0.3, -0.25) is 0 Å². The molecule has 11 nitrogen and oxygen atoms in total. The van der Waals surface area contributed by atoms with Crippen molar-refractivity contribution in [3.63, 3.8) is 0 Å². The number of hydrogen-bond donors (Lipinski definition) is 2. The maximum absolute atomic E-state index is 14.8. The summed E-state index contributed by atoms with van der Waals surface area (Å²) < 4.78 is 60.3. The summed E-state index contributed by atoms with van der Waals surface area (Å²) in [6, 6.07) is 13.8. The third-order valence-electron chi connectivity index (χ3n) is 7.08. The Morgan fingerprint density at radius 2 is 0.750 bits per heavy atom. The summed E-state index contributed by atoms with van der Waals surface area (Å²) in [5.41, 5.74) is 16.1. The maximum atomic E-state index is 14.8. The average Bonchev–Trinajstić information content (AvgIpc) is 3.05. The van der Waals surface area contributed by atoms with Crippen LogP contribution in [0.4, 0.5) is 11.4 Å². The molecule has 44 heavy (non-hydrogen) atoms. The van der Waals surface area contributed by atoms with Crippen LogP contribution in [0.2, 0.25) is 0 Å². The Kier molecular flexibility index (Phi) is 9.97. The molecule has 12 heteroatoms. The first-order chi connectivity index (χ1) is 21.2. The van der Waals surface area contributed by atoms with Crippen LogP contribution in [0.5, 0.6) is 46.0 Å². The molecule has 0 fully saturated rings. The molecule has 0 amide bonds. The van der Waals surface area contributed by atoms with Crippen molar-refractivity contribution < 1.29 is 41.7 Å². The van der Waals surface area contributed by atoms with Crippen LogP contribution in [-0.2, 0) is 3.83 Å². The van der Waals surface area contributed by atoms with Crippen LogP contribution >= 0.6 is 0 Å². The third-order valence-corrected chi connectivity index (χ3v) is 10.2. The molecule has 0 radical (unpaired) electrons. The van der Waals surface area contributed by atoms with Crippen molar-refractivity contribution in [1.29, 1.82) is 0 Å². The second-order valence-corrected chi connectivity index (χ2v) is 12.2. The van der Waals surface area contributed by atoms with Crippen molar-refractivity contribution >= 4 is 34.1 Å². The molecule has 0 bridgehead atoms. The number of anilines is 2. The Balaban J connectivity index is 2.05. The predicted molar refractivity (Wildman–Crippen MR) is 171 cm³/mol. The molecule has 0 unspecified atom stereocenters. The van der Waals surface area contributed by atoms with Crippen LogP contribution in [0, 0.1) is 0 Å². The summed E-state index contributed by atoms with van der Waals surface area (Å²) in [6.07, 6.45) is 0. The van der Waals surface area contributed by atoms with Gasteiger partial charge in [-0.25, -0.2) is 0 Å². The second-order valence-electron chi connectivity index (χ2n) is 9.21. The van der Waals surface area contributed by atoms with Gasteiger partial charge < -0.3 is 0 Å². The molecule has 0 saturated carbocycles. The minimum atomic E-state index is -3.16. The molecular formula is C32H36N2O9Se. The van der Waals surface area contributed by atoms with Gasteiger partial charge in [-0.05, 0) is 0 Å². The number of rotatable bonds is 12. The van der Waals surface area contributed by atoms with Crippen molar-refractivity contribution in [3.8, 4) is 68.2 Å². The first-order valence-corrected chi connectivity index (χ1v) is 15.6. The fraction of sp³-hybridized carbons (Fsp3) is 0.250. The van der Waals surface area contributed by atoms with E-state index >= 15 is 0 Å². The van der Waals surface area contributed by atoms with Crippen LogP contribution in [0.1, 0.15) is 0 Å². The molecule has 0 spiro atoms. The predicted octanol–water partition coefficient (Wildman–Crippen LogP) is 3.79. The van der Waals surface area contributed by atoms with Gasteiger partial charge in [0.15, 0.2) is 0 Å².